The lowest BCUT2D eigenvalue weighted by molar-refractivity contribution is -0.0102. The standard InChI is InChI=1S/C11H17NOS/c1-2-13-11-5-10(6-11)12-7-9-3-4-14-8-9/h3-4,8,10-12H,2,5-7H2,1H3. The smallest absolute Gasteiger partial charge is 0.0604 e. The van der Waals surface area contributed by atoms with Crippen LogP contribution >= 0.6 is 11.3 Å². The largest absolute Gasteiger partial charge is 0.378 e. The van der Waals surface area contributed by atoms with Crippen molar-refractivity contribution < 1.29 is 4.74 Å². The molecule has 1 saturated carbocycles. The second kappa shape index (κ2) is 4.91. The summed E-state index contributed by atoms with van der Waals surface area (Å²) < 4.78 is 5.51. The predicted molar refractivity (Wildman–Crippen MR) is 59.6 cm³/mol. The molecule has 1 aliphatic carbocycles. The molecule has 0 aromatic carbocycles. The fourth-order valence-electron chi connectivity index (χ4n) is 1.76. The first kappa shape index (κ1) is 10.1. The summed E-state index contributed by atoms with van der Waals surface area (Å²) >= 11 is 1.76. The van der Waals surface area contributed by atoms with Gasteiger partial charge >= 0.3 is 0 Å². The third-order valence-electron chi connectivity index (χ3n) is 2.67. The Bertz CT molecular complexity index is 254. The minimum Gasteiger partial charge on any atom is -0.378 e. The van der Waals surface area contributed by atoms with Crippen molar-refractivity contribution in [1.29, 1.82) is 0 Å². The van der Waals surface area contributed by atoms with Gasteiger partial charge in [-0.3, -0.25) is 0 Å². The van der Waals surface area contributed by atoms with Crippen LogP contribution in [-0.4, -0.2) is 18.8 Å². The van der Waals surface area contributed by atoms with Crippen LogP contribution in [0.15, 0.2) is 16.8 Å². The summed E-state index contributed by atoms with van der Waals surface area (Å²) in [5.41, 5.74) is 1.40. The lowest BCUT2D eigenvalue weighted by atomic mass is 9.89. The second-order valence-electron chi connectivity index (χ2n) is 3.76. The normalized spacial score (nSPS) is 26.1. The molecule has 1 N–H and O–H groups in total. The van der Waals surface area contributed by atoms with Crippen LogP contribution < -0.4 is 5.32 Å². The van der Waals surface area contributed by atoms with Gasteiger partial charge in [-0.05, 0) is 42.2 Å². The average Bonchev–Trinajstić information content (AvgIpc) is 2.61. The van der Waals surface area contributed by atoms with Crippen LogP contribution in [0.4, 0.5) is 0 Å². The van der Waals surface area contributed by atoms with Crippen molar-refractivity contribution in [2.24, 2.45) is 0 Å². The Hall–Kier alpha value is -0.380. The van der Waals surface area contributed by atoms with Crippen LogP contribution in [0, 0.1) is 0 Å². The molecule has 0 spiro atoms. The minimum absolute atomic E-state index is 0.514. The lowest BCUT2D eigenvalue weighted by Crippen LogP contribution is -2.45. The monoisotopic (exact) mass is 211 g/mol. The predicted octanol–water partition coefficient (Wildman–Crippen LogP) is 2.41. The van der Waals surface area contributed by atoms with E-state index >= 15 is 0 Å². The van der Waals surface area contributed by atoms with E-state index in [9.17, 15) is 0 Å². The van der Waals surface area contributed by atoms with Crippen molar-refractivity contribution in [3.63, 3.8) is 0 Å². The summed E-state index contributed by atoms with van der Waals surface area (Å²) in [4.78, 5) is 0. The SMILES string of the molecule is CCOC1CC(NCc2ccsc2)C1. The first-order valence-electron chi connectivity index (χ1n) is 5.24. The first-order chi connectivity index (χ1) is 6.88. The van der Waals surface area contributed by atoms with Crippen LogP contribution in [-0.2, 0) is 11.3 Å². The van der Waals surface area contributed by atoms with Gasteiger partial charge in [0.05, 0.1) is 6.10 Å². The maximum Gasteiger partial charge on any atom is 0.0604 e. The molecule has 0 amide bonds. The topological polar surface area (TPSA) is 21.3 Å². The zero-order valence-electron chi connectivity index (χ0n) is 8.53. The third kappa shape index (κ3) is 2.56. The van der Waals surface area contributed by atoms with E-state index in [0.29, 0.717) is 12.1 Å². The van der Waals surface area contributed by atoms with Gasteiger partial charge in [-0.1, -0.05) is 0 Å². The van der Waals surface area contributed by atoms with E-state index in [1.54, 1.807) is 11.3 Å². The van der Waals surface area contributed by atoms with E-state index in [1.807, 2.05) is 0 Å². The number of nitrogens with one attached hydrogen (secondary N) is 1. The second-order valence-corrected chi connectivity index (χ2v) is 4.54. The van der Waals surface area contributed by atoms with E-state index in [1.165, 1.54) is 18.4 Å². The Balaban J connectivity index is 1.61. The van der Waals surface area contributed by atoms with E-state index in [4.69, 9.17) is 4.74 Å². The molecule has 0 bridgehead atoms. The molecule has 1 aromatic heterocycles. The maximum absolute atomic E-state index is 5.51. The van der Waals surface area contributed by atoms with Crippen LogP contribution in [0.2, 0.25) is 0 Å². The molecule has 1 aromatic rings. The number of ether oxygens (including phenoxy) is 1. The fourth-order valence-corrected chi connectivity index (χ4v) is 2.43. The Kier molecular flexibility index (Phi) is 3.56. The Morgan fingerprint density at radius 1 is 1.57 bits per heavy atom. The molecule has 1 heterocycles. The average molecular weight is 211 g/mol. The van der Waals surface area contributed by atoms with Gasteiger partial charge in [0.15, 0.2) is 0 Å². The van der Waals surface area contributed by atoms with E-state index in [2.05, 4.69) is 29.1 Å². The number of rotatable bonds is 5. The first-order valence-corrected chi connectivity index (χ1v) is 6.19. The molecule has 0 aliphatic heterocycles. The number of hydrogen-bond donors (Lipinski definition) is 1. The molecule has 2 rings (SSSR count). The molecule has 3 heteroatoms. The van der Waals surface area contributed by atoms with Crippen molar-refractivity contribution in [3.05, 3.63) is 22.4 Å². The molecule has 78 valence electrons. The van der Waals surface area contributed by atoms with E-state index in [-0.39, 0.29) is 0 Å². The molecule has 1 fully saturated rings. The van der Waals surface area contributed by atoms with Gasteiger partial charge in [0.2, 0.25) is 0 Å². The molecule has 1 aliphatic rings. The zero-order chi connectivity index (χ0) is 9.80. The van der Waals surface area contributed by atoms with Crippen LogP contribution in [0.3, 0.4) is 0 Å². The van der Waals surface area contributed by atoms with Gasteiger partial charge in [-0.2, -0.15) is 11.3 Å². The maximum atomic E-state index is 5.51. The molecule has 0 atom stereocenters. The summed E-state index contributed by atoms with van der Waals surface area (Å²) in [6.45, 7) is 3.92. The van der Waals surface area contributed by atoms with E-state index < -0.39 is 0 Å². The summed E-state index contributed by atoms with van der Waals surface area (Å²) in [6.07, 6.45) is 2.87. The van der Waals surface area contributed by atoms with Gasteiger partial charge in [0, 0.05) is 19.2 Å². The van der Waals surface area contributed by atoms with Crippen molar-refractivity contribution in [2.75, 3.05) is 6.61 Å². The third-order valence-corrected chi connectivity index (χ3v) is 3.40. The van der Waals surface area contributed by atoms with Gasteiger partial charge < -0.3 is 10.1 Å². The van der Waals surface area contributed by atoms with Gasteiger partial charge in [0.25, 0.3) is 0 Å². The molecule has 0 unspecified atom stereocenters. The molecule has 0 saturated heterocycles. The summed E-state index contributed by atoms with van der Waals surface area (Å²) in [5, 5.41) is 7.86. The molecule has 0 radical (unpaired) electrons. The number of hydrogen-bond acceptors (Lipinski definition) is 3. The lowest BCUT2D eigenvalue weighted by Gasteiger charge is -2.35. The highest BCUT2D eigenvalue weighted by molar-refractivity contribution is 7.07. The summed E-state index contributed by atoms with van der Waals surface area (Å²) in [6, 6.07) is 2.85. The highest BCUT2D eigenvalue weighted by Crippen LogP contribution is 2.23. The minimum atomic E-state index is 0.514. The van der Waals surface area contributed by atoms with Crippen LogP contribution in [0.25, 0.3) is 0 Å². The summed E-state index contributed by atoms with van der Waals surface area (Å²) in [5.74, 6) is 0. The number of thiophene rings is 1. The molecule has 14 heavy (non-hydrogen) atoms. The zero-order valence-corrected chi connectivity index (χ0v) is 9.35. The van der Waals surface area contributed by atoms with Crippen LogP contribution in [0.1, 0.15) is 25.3 Å². The van der Waals surface area contributed by atoms with Gasteiger partial charge in [-0.25, -0.2) is 0 Å². The van der Waals surface area contributed by atoms with Gasteiger partial charge in [-0.15, -0.1) is 0 Å². The van der Waals surface area contributed by atoms with Gasteiger partial charge in [0.1, 0.15) is 0 Å². The highest BCUT2D eigenvalue weighted by Gasteiger charge is 2.28. The summed E-state index contributed by atoms with van der Waals surface area (Å²) in [7, 11) is 0. The Morgan fingerprint density at radius 2 is 2.43 bits per heavy atom. The highest BCUT2D eigenvalue weighted by atomic mass is 32.1. The van der Waals surface area contributed by atoms with Crippen molar-refractivity contribution in [2.45, 2.75) is 38.5 Å². The quantitative estimate of drug-likeness (QED) is 0.807. The fraction of sp³-hybridized carbons (Fsp3) is 0.636. The molecule has 2 nitrogen and oxygen atoms in total. The van der Waals surface area contributed by atoms with Crippen molar-refractivity contribution in [3.8, 4) is 0 Å². The molecular weight excluding hydrogens is 194 g/mol. The van der Waals surface area contributed by atoms with E-state index in [0.717, 1.165) is 13.2 Å². The molecular formula is C11H17NOS. The van der Waals surface area contributed by atoms with Crippen molar-refractivity contribution in [1.82, 2.24) is 5.32 Å². The Labute approximate surface area is 89.3 Å². The van der Waals surface area contributed by atoms with Crippen LogP contribution in [0.5, 0.6) is 0 Å². The van der Waals surface area contributed by atoms with Crippen molar-refractivity contribution >= 4 is 11.3 Å². The Morgan fingerprint density at radius 3 is 3.07 bits per heavy atom.